The van der Waals surface area contributed by atoms with Crippen LogP contribution >= 0.6 is 0 Å². The Hall–Kier alpha value is -2.05. The highest BCUT2D eigenvalue weighted by molar-refractivity contribution is 5.98. The molecule has 0 saturated carbocycles. The number of hydrogen-bond donors (Lipinski definition) is 5. The number of carbonyl (C=O) groups excluding carboxylic acids is 1. The maximum absolute atomic E-state index is 12.3. The number of ketones is 1. The number of carbonyl (C=O) groups is 1. The Morgan fingerprint density at radius 3 is 2.48 bits per heavy atom. The Morgan fingerprint density at radius 2 is 1.96 bits per heavy atom. The maximum atomic E-state index is 12.3. The monoisotopic (exact) mass is 359 g/mol. The largest absolute Gasteiger partial charge is 0.468 e. The van der Waals surface area contributed by atoms with Crippen molar-refractivity contribution in [1.82, 2.24) is 9.55 Å². The Morgan fingerprint density at radius 1 is 1.32 bits per heavy atom. The predicted molar refractivity (Wildman–Crippen MR) is 83.4 cm³/mol. The minimum absolute atomic E-state index is 0.0953. The minimum atomic E-state index is -1.61. The number of ether oxygens (including phenoxy) is 2. The lowest BCUT2D eigenvalue weighted by atomic mass is 9.98. The van der Waals surface area contributed by atoms with Crippen LogP contribution in [0.2, 0.25) is 0 Å². The third kappa shape index (κ3) is 3.50. The van der Waals surface area contributed by atoms with Crippen molar-refractivity contribution in [2.24, 2.45) is 7.05 Å². The van der Waals surface area contributed by atoms with E-state index in [1.807, 2.05) is 0 Å². The molecule has 25 heavy (non-hydrogen) atoms. The highest BCUT2D eigenvalue weighted by Crippen LogP contribution is 2.24. The lowest BCUT2D eigenvalue weighted by Gasteiger charge is -2.40. The zero-order valence-corrected chi connectivity index (χ0v) is 13.9. The number of Topliss-reactive ketones (excluding diaryl/α,β-unsaturated/α-hetero) is 1. The zero-order chi connectivity index (χ0) is 18.9. The van der Waals surface area contributed by atoms with E-state index >= 15 is 0 Å². The van der Waals surface area contributed by atoms with Gasteiger partial charge in [0.15, 0.2) is 12.0 Å². The second kappa shape index (κ2) is 7.45. The molecule has 0 bridgehead atoms. The molecule has 1 aliphatic heterocycles. The second-order valence-electron chi connectivity index (χ2n) is 5.64. The number of methoxy groups -OCH3 is 1. The van der Waals surface area contributed by atoms with Crippen LogP contribution in [0.15, 0.2) is 4.79 Å². The molecular weight excluding hydrogens is 338 g/mol. The average Bonchev–Trinajstić information content (AvgIpc) is 2.57. The molecule has 140 valence electrons. The molecule has 0 amide bonds. The molecule has 2 heterocycles. The molecule has 2 rings (SSSR count). The fraction of sp³-hybridized carbons (Fsp3) is 0.643. The van der Waals surface area contributed by atoms with Crippen molar-refractivity contribution in [2.45, 2.75) is 37.6 Å². The van der Waals surface area contributed by atoms with Crippen molar-refractivity contribution in [1.29, 1.82) is 0 Å². The molecule has 1 fully saturated rings. The summed E-state index contributed by atoms with van der Waals surface area (Å²) in [5.41, 5.74) is -0.966. The third-order valence-electron chi connectivity index (χ3n) is 3.96. The van der Waals surface area contributed by atoms with Crippen LogP contribution in [0, 0.1) is 0 Å². The van der Waals surface area contributed by atoms with E-state index in [2.05, 4.69) is 10.3 Å². The van der Waals surface area contributed by atoms with Crippen LogP contribution in [0.4, 0.5) is 5.82 Å². The van der Waals surface area contributed by atoms with Crippen LogP contribution in [0.25, 0.3) is 0 Å². The van der Waals surface area contributed by atoms with Crippen molar-refractivity contribution < 1.29 is 34.7 Å². The summed E-state index contributed by atoms with van der Waals surface area (Å²) in [7, 11) is 2.66. The highest BCUT2D eigenvalue weighted by atomic mass is 16.6. The van der Waals surface area contributed by atoms with Gasteiger partial charge in [-0.2, -0.15) is 4.98 Å². The fourth-order valence-corrected chi connectivity index (χ4v) is 2.54. The second-order valence-corrected chi connectivity index (χ2v) is 5.64. The number of aliphatic hydroxyl groups is 4. The van der Waals surface area contributed by atoms with Crippen LogP contribution in [0.3, 0.4) is 0 Å². The van der Waals surface area contributed by atoms with Crippen molar-refractivity contribution in [3.63, 3.8) is 0 Å². The minimum Gasteiger partial charge on any atom is -0.468 e. The summed E-state index contributed by atoms with van der Waals surface area (Å²) < 4.78 is 11.3. The maximum Gasteiger partial charge on any atom is 0.300 e. The third-order valence-corrected chi connectivity index (χ3v) is 3.96. The first-order valence-corrected chi connectivity index (χ1v) is 7.45. The van der Waals surface area contributed by atoms with Gasteiger partial charge in [-0.25, -0.2) is 0 Å². The Labute approximate surface area is 142 Å². The van der Waals surface area contributed by atoms with Crippen molar-refractivity contribution in [2.75, 3.05) is 19.0 Å². The highest BCUT2D eigenvalue weighted by Gasteiger charge is 2.44. The molecule has 11 nitrogen and oxygen atoms in total. The smallest absolute Gasteiger partial charge is 0.300 e. The Kier molecular flexibility index (Phi) is 5.75. The van der Waals surface area contributed by atoms with Crippen molar-refractivity contribution in [3.8, 4) is 6.01 Å². The molecule has 5 N–H and O–H groups in total. The lowest BCUT2D eigenvalue weighted by molar-refractivity contribution is -0.221. The fourth-order valence-electron chi connectivity index (χ4n) is 2.54. The molecule has 1 aromatic heterocycles. The first-order valence-electron chi connectivity index (χ1n) is 7.45. The zero-order valence-electron chi connectivity index (χ0n) is 13.9. The molecule has 0 aromatic carbocycles. The van der Waals surface area contributed by atoms with Gasteiger partial charge in [-0.3, -0.25) is 14.2 Å². The number of nitrogens with zero attached hydrogens (tertiary/aromatic N) is 2. The molecule has 1 saturated heterocycles. The predicted octanol–water partition coefficient (Wildman–Crippen LogP) is -2.80. The van der Waals surface area contributed by atoms with Gasteiger partial charge in [0.2, 0.25) is 0 Å². The number of aliphatic hydroxyl groups excluding tert-OH is 4. The quantitative estimate of drug-likeness (QED) is 0.347. The normalized spacial score (nSPS) is 29.3. The molecule has 1 aliphatic rings. The van der Waals surface area contributed by atoms with Gasteiger partial charge in [-0.15, -0.1) is 0 Å². The lowest BCUT2D eigenvalue weighted by Crippen LogP contribution is -2.60. The van der Waals surface area contributed by atoms with E-state index < -0.39 is 48.6 Å². The summed E-state index contributed by atoms with van der Waals surface area (Å²) in [4.78, 5) is 28.2. The van der Waals surface area contributed by atoms with E-state index in [0.717, 1.165) is 4.57 Å². The van der Waals surface area contributed by atoms with Gasteiger partial charge in [0, 0.05) is 7.05 Å². The average molecular weight is 359 g/mol. The SMILES string of the molecule is COc1nc(NC2OC(CO)C(O)C(O)C2O)c(C(C)=O)c(=O)n1C. The molecule has 1 aromatic rings. The van der Waals surface area contributed by atoms with Gasteiger partial charge in [-0.05, 0) is 6.92 Å². The van der Waals surface area contributed by atoms with Crippen LogP contribution < -0.4 is 15.6 Å². The standard InChI is InChI=1S/C14H21N3O8/c1-5(19)7-11(16-14(24-3)17(2)13(7)23)15-12-10(22)9(21)8(20)6(4-18)25-12/h6,8-10,12,15,18,20-22H,4H2,1-3H3. The van der Waals surface area contributed by atoms with Crippen LogP contribution in [0.1, 0.15) is 17.3 Å². The molecular formula is C14H21N3O8. The van der Waals surface area contributed by atoms with E-state index in [1.54, 1.807) is 0 Å². The molecule has 11 heteroatoms. The van der Waals surface area contributed by atoms with E-state index in [0.29, 0.717) is 0 Å². The van der Waals surface area contributed by atoms with Crippen molar-refractivity contribution in [3.05, 3.63) is 15.9 Å². The number of aromatic nitrogens is 2. The summed E-state index contributed by atoms with van der Waals surface area (Å²) >= 11 is 0. The van der Waals surface area contributed by atoms with Gasteiger partial charge < -0.3 is 35.2 Å². The van der Waals surface area contributed by atoms with Crippen LogP contribution in [-0.2, 0) is 11.8 Å². The van der Waals surface area contributed by atoms with E-state index in [4.69, 9.17) is 9.47 Å². The summed E-state index contributed by atoms with van der Waals surface area (Å²) in [6.45, 7) is 0.555. The summed E-state index contributed by atoms with van der Waals surface area (Å²) in [6, 6.07) is -0.0953. The summed E-state index contributed by atoms with van der Waals surface area (Å²) in [5, 5.41) is 41.4. The van der Waals surface area contributed by atoms with Crippen molar-refractivity contribution >= 4 is 11.6 Å². The topological polar surface area (TPSA) is 163 Å². The first-order chi connectivity index (χ1) is 11.7. The molecule has 0 radical (unpaired) electrons. The number of nitrogens with one attached hydrogen (secondary N) is 1. The van der Waals surface area contributed by atoms with Gasteiger partial charge >= 0.3 is 6.01 Å². The number of anilines is 1. The Bertz CT molecular complexity index is 704. The number of rotatable bonds is 5. The molecule has 0 aliphatic carbocycles. The number of hydrogen-bond acceptors (Lipinski definition) is 10. The van der Waals surface area contributed by atoms with E-state index in [9.17, 15) is 30.0 Å². The van der Waals surface area contributed by atoms with Gasteiger partial charge in [0.1, 0.15) is 35.8 Å². The van der Waals surface area contributed by atoms with E-state index in [1.165, 1.54) is 21.1 Å². The summed E-state index contributed by atoms with van der Waals surface area (Å²) in [6.07, 6.45) is -7.23. The van der Waals surface area contributed by atoms with E-state index in [-0.39, 0.29) is 17.4 Å². The Balaban J connectivity index is 2.43. The van der Waals surface area contributed by atoms with Crippen LogP contribution in [-0.4, -0.2) is 80.1 Å². The summed E-state index contributed by atoms with van der Waals surface area (Å²) in [5.74, 6) is -0.792. The molecule has 5 unspecified atom stereocenters. The van der Waals surface area contributed by atoms with Gasteiger partial charge in [0.25, 0.3) is 5.56 Å². The first kappa shape index (κ1) is 19.3. The van der Waals surface area contributed by atoms with Gasteiger partial charge in [-0.1, -0.05) is 0 Å². The molecule has 5 atom stereocenters. The van der Waals surface area contributed by atoms with Crippen LogP contribution in [0.5, 0.6) is 6.01 Å². The molecule has 0 spiro atoms. The van der Waals surface area contributed by atoms with Gasteiger partial charge in [0.05, 0.1) is 13.7 Å².